The van der Waals surface area contributed by atoms with Crippen molar-refractivity contribution in [3.8, 4) is 0 Å². The van der Waals surface area contributed by atoms with Gasteiger partial charge in [0.15, 0.2) is 6.29 Å². The zero-order valence-corrected chi connectivity index (χ0v) is 10.8. The molecule has 0 aliphatic carbocycles. The van der Waals surface area contributed by atoms with Crippen LogP contribution >= 0.6 is 15.9 Å². The predicted octanol–water partition coefficient (Wildman–Crippen LogP) is 2.81. The third-order valence-corrected chi connectivity index (χ3v) is 3.23. The zero-order chi connectivity index (χ0) is 12.3. The third kappa shape index (κ3) is 2.31. The fourth-order valence-electron chi connectivity index (χ4n) is 1.95. The molecule has 0 amide bonds. The number of Topliss-reactive ketones (excluding diaryl/α,β-unsaturated/α-hetero) is 1. The van der Waals surface area contributed by atoms with Crippen LogP contribution in [-0.2, 0) is 11.3 Å². The summed E-state index contributed by atoms with van der Waals surface area (Å²) >= 11 is 3.36. The lowest BCUT2D eigenvalue weighted by Gasteiger charge is -2.04. The van der Waals surface area contributed by atoms with Gasteiger partial charge in [0.2, 0.25) is 5.78 Å². The van der Waals surface area contributed by atoms with Crippen LogP contribution < -0.4 is 0 Å². The van der Waals surface area contributed by atoms with Gasteiger partial charge in [-0.2, -0.15) is 0 Å². The Kier molecular flexibility index (Phi) is 3.74. The summed E-state index contributed by atoms with van der Waals surface area (Å²) in [6, 6.07) is 7.61. The van der Waals surface area contributed by atoms with Gasteiger partial charge in [0.05, 0.1) is 0 Å². The van der Waals surface area contributed by atoms with Crippen LogP contribution in [0.25, 0.3) is 10.8 Å². The molecule has 4 heteroatoms. The lowest BCUT2D eigenvalue weighted by atomic mass is 10.1. The van der Waals surface area contributed by atoms with Crippen molar-refractivity contribution in [3.05, 3.63) is 36.2 Å². The van der Waals surface area contributed by atoms with E-state index in [2.05, 4.69) is 15.9 Å². The summed E-state index contributed by atoms with van der Waals surface area (Å²) in [5.41, 5.74) is 0.497. The van der Waals surface area contributed by atoms with Crippen molar-refractivity contribution in [2.75, 3.05) is 5.33 Å². The number of hydrogen-bond donors (Lipinski definition) is 0. The van der Waals surface area contributed by atoms with Crippen LogP contribution in [0.15, 0.2) is 30.5 Å². The Balaban J connectivity index is 2.56. The van der Waals surface area contributed by atoms with Gasteiger partial charge >= 0.3 is 0 Å². The number of aldehydes is 1. The van der Waals surface area contributed by atoms with Crippen molar-refractivity contribution in [3.63, 3.8) is 0 Å². The maximum absolute atomic E-state index is 11.7. The molecule has 0 spiro atoms. The van der Waals surface area contributed by atoms with Gasteiger partial charge in [0, 0.05) is 28.8 Å². The molecule has 0 fully saturated rings. The summed E-state index contributed by atoms with van der Waals surface area (Å²) in [5, 5.41) is 2.71. The second-order valence-electron chi connectivity index (χ2n) is 3.78. The normalized spacial score (nSPS) is 10.6. The zero-order valence-electron chi connectivity index (χ0n) is 9.23. The van der Waals surface area contributed by atoms with E-state index in [1.807, 2.05) is 35.0 Å². The molecule has 0 N–H and O–H groups in total. The Bertz CT molecular complexity index is 560. The van der Waals surface area contributed by atoms with Gasteiger partial charge < -0.3 is 4.57 Å². The largest absolute Gasteiger partial charge is 0.344 e. The summed E-state index contributed by atoms with van der Waals surface area (Å²) in [4.78, 5) is 22.4. The highest BCUT2D eigenvalue weighted by Gasteiger charge is 2.15. The number of alkyl halides is 1. The molecule has 0 atom stereocenters. The highest BCUT2D eigenvalue weighted by atomic mass is 79.9. The van der Waals surface area contributed by atoms with Gasteiger partial charge in [-0.1, -0.05) is 40.2 Å². The molecule has 3 nitrogen and oxygen atoms in total. The van der Waals surface area contributed by atoms with E-state index in [0.717, 1.165) is 29.1 Å². The minimum absolute atomic E-state index is 0.381. The van der Waals surface area contributed by atoms with Crippen molar-refractivity contribution >= 4 is 38.8 Å². The van der Waals surface area contributed by atoms with Crippen LogP contribution in [0.2, 0.25) is 0 Å². The molecule has 0 saturated heterocycles. The molecule has 88 valence electrons. The third-order valence-electron chi connectivity index (χ3n) is 2.67. The topological polar surface area (TPSA) is 39.1 Å². The number of benzene rings is 1. The van der Waals surface area contributed by atoms with E-state index in [1.165, 1.54) is 0 Å². The average Bonchev–Trinajstić information content (AvgIpc) is 2.73. The molecule has 2 rings (SSSR count). The highest BCUT2D eigenvalue weighted by molar-refractivity contribution is 9.09. The molecule has 0 radical (unpaired) electrons. The van der Waals surface area contributed by atoms with Gasteiger partial charge in [0.25, 0.3) is 0 Å². The SMILES string of the molecule is O=CC(=O)c1c2ccccc2cn1CCCBr. The molecule has 1 aromatic carbocycles. The Labute approximate surface area is 108 Å². The first-order valence-corrected chi connectivity index (χ1v) is 6.53. The van der Waals surface area contributed by atoms with Gasteiger partial charge in [0.1, 0.15) is 5.69 Å². The smallest absolute Gasteiger partial charge is 0.242 e. The van der Waals surface area contributed by atoms with Crippen molar-refractivity contribution in [2.24, 2.45) is 0 Å². The molecule has 1 aromatic heterocycles. The average molecular weight is 294 g/mol. The van der Waals surface area contributed by atoms with Gasteiger partial charge in [-0.3, -0.25) is 9.59 Å². The summed E-state index contributed by atoms with van der Waals surface area (Å²) in [6.45, 7) is 0.731. The van der Waals surface area contributed by atoms with Crippen LogP contribution in [0.1, 0.15) is 16.9 Å². The Morgan fingerprint density at radius 3 is 2.82 bits per heavy atom. The van der Waals surface area contributed by atoms with Gasteiger partial charge in [-0.25, -0.2) is 0 Å². The van der Waals surface area contributed by atoms with Crippen molar-refractivity contribution in [2.45, 2.75) is 13.0 Å². The van der Waals surface area contributed by atoms with Crippen molar-refractivity contribution < 1.29 is 9.59 Å². The lowest BCUT2D eigenvalue weighted by Crippen LogP contribution is -2.10. The Hall–Kier alpha value is -1.42. The monoisotopic (exact) mass is 293 g/mol. The van der Waals surface area contributed by atoms with E-state index >= 15 is 0 Å². The first-order valence-electron chi connectivity index (χ1n) is 5.41. The van der Waals surface area contributed by atoms with Crippen molar-refractivity contribution in [1.29, 1.82) is 0 Å². The first-order chi connectivity index (χ1) is 8.27. The number of halogens is 1. The maximum Gasteiger partial charge on any atom is 0.242 e. The number of rotatable bonds is 5. The number of carbonyl (C=O) groups is 2. The summed E-state index contributed by atoms with van der Waals surface area (Å²) in [5.74, 6) is -0.458. The second-order valence-corrected chi connectivity index (χ2v) is 4.58. The number of aryl methyl sites for hydroxylation is 1. The lowest BCUT2D eigenvalue weighted by molar-refractivity contribution is -0.104. The standard InChI is InChI=1S/C13H12BrNO2/c14-6-3-7-15-8-10-4-1-2-5-11(10)13(15)12(17)9-16/h1-2,4-5,8-9H,3,6-7H2. The fraction of sp³-hybridized carbons (Fsp3) is 0.231. The summed E-state index contributed by atoms with van der Waals surface area (Å²) < 4.78 is 1.86. The number of nitrogens with zero attached hydrogens (tertiary/aromatic N) is 1. The first kappa shape index (κ1) is 12.0. The maximum atomic E-state index is 11.7. The van der Waals surface area contributed by atoms with Crippen LogP contribution in [0.3, 0.4) is 0 Å². The second kappa shape index (κ2) is 5.27. The predicted molar refractivity (Wildman–Crippen MR) is 70.7 cm³/mol. The quantitative estimate of drug-likeness (QED) is 0.368. The van der Waals surface area contributed by atoms with E-state index in [9.17, 15) is 9.59 Å². The molecular formula is C13H12BrNO2. The highest BCUT2D eigenvalue weighted by Crippen LogP contribution is 2.21. The van der Waals surface area contributed by atoms with Crippen molar-refractivity contribution in [1.82, 2.24) is 4.57 Å². The molecule has 0 saturated carbocycles. The van der Waals surface area contributed by atoms with E-state index in [1.54, 1.807) is 0 Å². The van der Waals surface area contributed by atoms with E-state index in [-0.39, 0.29) is 0 Å². The number of carbonyl (C=O) groups excluding carboxylic acids is 2. The van der Waals surface area contributed by atoms with Gasteiger partial charge in [-0.05, 0) is 6.42 Å². The van der Waals surface area contributed by atoms with E-state index in [4.69, 9.17) is 0 Å². The number of fused-ring (bicyclic) bond motifs is 1. The molecule has 0 unspecified atom stereocenters. The Morgan fingerprint density at radius 2 is 2.12 bits per heavy atom. The number of aromatic nitrogens is 1. The molecular weight excluding hydrogens is 282 g/mol. The van der Waals surface area contributed by atoms with E-state index in [0.29, 0.717) is 12.0 Å². The van der Waals surface area contributed by atoms with Crippen LogP contribution in [0.4, 0.5) is 0 Å². The molecule has 0 aliphatic heterocycles. The van der Waals surface area contributed by atoms with Crippen LogP contribution in [0, 0.1) is 0 Å². The summed E-state index contributed by atoms with van der Waals surface area (Å²) in [7, 11) is 0. The number of hydrogen-bond acceptors (Lipinski definition) is 2. The molecule has 2 aromatic rings. The molecule has 0 aliphatic rings. The van der Waals surface area contributed by atoms with E-state index < -0.39 is 5.78 Å². The summed E-state index contributed by atoms with van der Waals surface area (Å²) in [6.07, 6.45) is 3.22. The van der Waals surface area contributed by atoms with Crippen LogP contribution in [-0.4, -0.2) is 22.0 Å². The molecule has 17 heavy (non-hydrogen) atoms. The fourth-order valence-corrected chi connectivity index (χ4v) is 2.20. The minimum Gasteiger partial charge on any atom is -0.344 e. The molecule has 0 bridgehead atoms. The Morgan fingerprint density at radius 1 is 1.35 bits per heavy atom. The number of ketones is 1. The minimum atomic E-state index is -0.458. The van der Waals surface area contributed by atoms with Crippen LogP contribution in [0.5, 0.6) is 0 Å². The van der Waals surface area contributed by atoms with Gasteiger partial charge in [-0.15, -0.1) is 0 Å². The molecule has 1 heterocycles.